The van der Waals surface area contributed by atoms with Crippen molar-refractivity contribution in [2.45, 2.75) is 44.8 Å². The molecule has 86 valence electrons. The van der Waals surface area contributed by atoms with Gasteiger partial charge in [0.15, 0.2) is 6.29 Å². The molecule has 0 bridgehead atoms. The third-order valence-corrected chi connectivity index (χ3v) is 3.27. The Kier molecular flexibility index (Phi) is 5.67. The summed E-state index contributed by atoms with van der Waals surface area (Å²) in [5, 5.41) is 9.08. The molecule has 1 fully saturated rings. The molecule has 1 aliphatic rings. The second-order valence-electron chi connectivity index (χ2n) is 4.32. The molecular weight excluding hydrogens is 190 g/mol. The van der Waals surface area contributed by atoms with Crippen LogP contribution in [0.25, 0.3) is 0 Å². The van der Waals surface area contributed by atoms with Gasteiger partial charge in [0.1, 0.15) is 0 Å². The molecular formula is C12H21NO2. The van der Waals surface area contributed by atoms with Crippen LogP contribution in [0.15, 0.2) is 0 Å². The molecule has 0 amide bonds. The summed E-state index contributed by atoms with van der Waals surface area (Å²) in [6.45, 7) is 0. The quantitative estimate of drug-likeness (QED) is 0.657. The van der Waals surface area contributed by atoms with E-state index in [1.165, 1.54) is 32.1 Å². The number of rotatable bonds is 5. The summed E-state index contributed by atoms with van der Waals surface area (Å²) < 4.78 is 10.3. The molecule has 1 atom stereocenters. The second kappa shape index (κ2) is 6.81. The molecule has 0 spiro atoms. The molecule has 0 aromatic carbocycles. The van der Waals surface area contributed by atoms with E-state index in [1.807, 2.05) is 0 Å². The minimum atomic E-state index is -0.364. The van der Waals surface area contributed by atoms with Gasteiger partial charge in [-0.25, -0.2) is 0 Å². The zero-order valence-electron chi connectivity index (χ0n) is 9.74. The van der Waals surface area contributed by atoms with Crippen LogP contribution in [0.3, 0.4) is 0 Å². The van der Waals surface area contributed by atoms with Crippen molar-refractivity contribution >= 4 is 0 Å². The minimum absolute atomic E-state index is 0.122. The maximum Gasteiger partial charge on any atom is 0.172 e. The van der Waals surface area contributed by atoms with Gasteiger partial charge in [-0.15, -0.1) is 0 Å². The minimum Gasteiger partial charge on any atom is -0.355 e. The van der Waals surface area contributed by atoms with Gasteiger partial charge in [0.25, 0.3) is 0 Å². The molecule has 0 saturated heterocycles. The number of ether oxygens (including phenoxy) is 2. The monoisotopic (exact) mass is 211 g/mol. The fourth-order valence-corrected chi connectivity index (χ4v) is 2.43. The van der Waals surface area contributed by atoms with E-state index in [9.17, 15) is 0 Å². The van der Waals surface area contributed by atoms with E-state index >= 15 is 0 Å². The lowest BCUT2D eigenvalue weighted by atomic mass is 9.83. The van der Waals surface area contributed by atoms with Crippen molar-refractivity contribution in [1.82, 2.24) is 0 Å². The third kappa shape index (κ3) is 3.81. The van der Waals surface area contributed by atoms with Gasteiger partial charge < -0.3 is 9.47 Å². The molecule has 1 unspecified atom stereocenters. The highest BCUT2D eigenvalue weighted by Gasteiger charge is 2.25. The number of methoxy groups -OCH3 is 2. The van der Waals surface area contributed by atoms with Gasteiger partial charge >= 0.3 is 0 Å². The van der Waals surface area contributed by atoms with E-state index < -0.39 is 0 Å². The predicted molar refractivity (Wildman–Crippen MR) is 58.1 cm³/mol. The molecule has 0 heterocycles. The maximum absolute atomic E-state index is 9.08. The van der Waals surface area contributed by atoms with Crippen molar-refractivity contribution in [3.63, 3.8) is 0 Å². The van der Waals surface area contributed by atoms with Crippen molar-refractivity contribution in [2.75, 3.05) is 14.2 Å². The SMILES string of the molecule is COC(OC)C(C#N)CC1CCCCC1. The van der Waals surface area contributed by atoms with E-state index in [0.29, 0.717) is 5.92 Å². The zero-order valence-corrected chi connectivity index (χ0v) is 9.74. The molecule has 1 rings (SSSR count). The first-order valence-electron chi connectivity index (χ1n) is 5.77. The second-order valence-corrected chi connectivity index (χ2v) is 4.32. The van der Waals surface area contributed by atoms with E-state index in [2.05, 4.69) is 6.07 Å². The van der Waals surface area contributed by atoms with Crippen LogP contribution in [-0.2, 0) is 9.47 Å². The number of hydrogen-bond donors (Lipinski definition) is 0. The first-order valence-corrected chi connectivity index (χ1v) is 5.77. The van der Waals surface area contributed by atoms with Gasteiger partial charge in [0.05, 0.1) is 12.0 Å². The van der Waals surface area contributed by atoms with E-state index in [-0.39, 0.29) is 12.2 Å². The first kappa shape index (κ1) is 12.5. The van der Waals surface area contributed by atoms with E-state index in [1.54, 1.807) is 14.2 Å². The van der Waals surface area contributed by atoms with Crippen molar-refractivity contribution < 1.29 is 9.47 Å². The molecule has 1 aliphatic carbocycles. The Bertz CT molecular complexity index is 202. The molecule has 0 aromatic rings. The molecule has 15 heavy (non-hydrogen) atoms. The smallest absolute Gasteiger partial charge is 0.172 e. The average Bonchev–Trinajstić information content (AvgIpc) is 2.30. The molecule has 0 radical (unpaired) electrons. The van der Waals surface area contributed by atoms with Gasteiger partial charge in [0.2, 0.25) is 0 Å². The highest BCUT2D eigenvalue weighted by Crippen LogP contribution is 2.30. The summed E-state index contributed by atoms with van der Waals surface area (Å²) in [6, 6.07) is 2.30. The molecule has 1 saturated carbocycles. The van der Waals surface area contributed by atoms with Crippen LogP contribution in [-0.4, -0.2) is 20.5 Å². The van der Waals surface area contributed by atoms with Crippen LogP contribution in [0.1, 0.15) is 38.5 Å². The molecule has 3 nitrogen and oxygen atoms in total. The summed E-state index contributed by atoms with van der Waals surface area (Å²) in [4.78, 5) is 0. The first-order chi connectivity index (χ1) is 7.31. The van der Waals surface area contributed by atoms with Gasteiger partial charge in [-0.2, -0.15) is 5.26 Å². The van der Waals surface area contributed by atoms with E-state index in [0.717, 1.165) is 6.42 Å². The normalized spacial score (nSPS) is 20.1. The Morgan fingerprint density at radius 1 is 1.20 bits per heavy atom. The Morgan fingerprint density at radius 3 is 2.27 bits per heavy atom. The summed E-state index contributed by atoms with van der Waals surface area (Å²) in [7, 11) is 3.19. The maximum atomic E-state index is 9.08. The van der Waals surface area contributed by atoms with Crippen molar-refractivity contribution in [1.29, 1.82) is 5.26 Å². The van der Waals surface area contributed by atoms with Gasteiger partial charge in [-0.05, 0) is 12.3 Å². The molecule has 0 N–H and O–H groups in total. The highest BCUT2D eigenvalue weighted by atomic mass is 16.7. The van der Waals surface area contributed by atoms with Crippen molar-refractivity contribution in [3.05, 3.63) is 0 Å². The number of nitriles is 1. The van der Waals surface area contributed by atoms with Gasteiger partial charge in [0, 0.05) is 14.2 Å². The van der Waals surface area contributed by atoms with Crippen LogP contribution in [0.2, 0.25) is 0 Å². The summed E-state index contributed by atoms with van der Waals surface area (Å²) >= 11 is 0. The van der Waals surface area contributed by atoms with Crippen LogP contribution in [0.5, 0.6) is 0 Å². The standard InChI is InChI=1S/C12H21NO2/c1-14-12(15-2)11(9-13)8-10-6-4-3-5-7-10/h10-12H,3-8H2,1-2H3. The zero-order chi connectivity index (χ0) is 11.1. The van der Waals surface area contributed by atoms with Crippen molar-refractivity contribution in [3.8, 4) is 6.07 Å². The fraction of sp³-hybridized carbons (Fsp3) is 0.917. The topological polar surface area (TPSA) is 42.2 Å². The Balaban J connectivity index is 2.41. The summed E-state index contributed by atoms with van der Waals surface area (Å²) in [6.07, 6.45) is 7.06. The van der Waals surface area contributed by atoms with E-state index in [4.69, 9.17) is 14.7 Å². The average molecular weight is 211 g/mol. The predicted octanol–water partition coefficient (Wildman–Crippen LogP) is 2.72. The lowest BCUT2D eigenvalue weighted by Gasteiger charge is -2.26. The lowest BCUT2D eigenvalue weighted by molar-refractivity contribution is -0.128. The molecule has 0 aromatic heterocycles. The number of nitrogens with zero attached hydrogens (tertiary/aromatic N) is 1. The van der Waals surface area contributed by atoms with Crippen LogP contribution < -0.4 is 0 Å². The lowest BCUT2D eigenvalue weighted by Crippen LogP contribution is -2.26. The van der Waals surface area contributed by atoms with Crippen LogP contribution in [0.4, 0.5) is 0 Å². The van der Waals surface area contributed by atoms with Gasteiger partial charge in [-0.3, -0.25) is 0 Å². The fourth-order valence-electron chi connectivity index (χ4n) is 2.43. The van der Waals surface area contributed by atoms with Crippen LogP contribution >= 0.6 is 0 Å². The Hall–Kier alpha value is -0.590. The Labute approximate surface area is 92.4 Å². The molecule has 3 heteroatoms. The molecule has 0 aliphatic heterocycles. The number of hydrogen-bond acceptors (Lipinski definition) is 3. The Morgan fingerprint density at radius 2 is 1.80 bits per heavy atom. The van der Waals surface area contributed by atoms with Crippen molar-refractivity contribution in [2.24, 2.45) is 11.8 Å². The van der Waals surface area contributed by atoms with Crippen LogP contribution in [0, 0.1) is 23.2 Å². The largest absolute Gasteiger partial charge is 0.355 e. The van der Waals surface area contributed by atoms with Gasteiger partial charge in [-0.1, -0.05) is 32.1 Å². The highest BCUT2D eigenvalue weighted by molar-refractivity contribution is 4.87. The third-order valence-electron chi connectivity index (χ3n) is 3.27. The summed E-state index contributed by atoms with van der Waals surface area (Å²) in [5.41, 5.74) is 0. The summed E-state index contributed by atoms with van der Waals surface area (Å²) in [5.74, 6) is 0.569.